The van der Waals surface area contributed by atoms with Crippen molar-refractivity contribution in [1.82, 2.24) is 4.90 Å². The van der Waals surface area contributed by atoms with Crippen LogP contribution in [0, 0.1) is 10.1 Å². The average molecular weight is 369 g/mol. The maximum absolute atomic E-state index is 12.8. The number of nitrogens with zero attached hydrogens (tertiary/aromatic N) is 4. The fourth-order valence-corrected chi connectivity index (χ4v) is 3.19. The lowest BCUT2D eigenvalue weighted by Gasteiger charge is -2.27. The molecule has 2 aromatic rings. The van der Waals surface area contributed by atoms with E-state index in [1.54, 1.807) is 36.2 Å². The van der Waals surface area contributed by atoms with Gasteiger partial charge in [-0.15, -0.1) is 0 Å². The molecule has 2 amide bonds. The molecule has 1 fully saturated rings. The lowest BCUT2D eigenvalue weighted by atomic mass is 10.0. The molecule has 1 saturated heterocycles. The number of carbonyl (C=O) groups excluding carboxylic acids is 1. The summed E-state index contributed by atoms with van der Waals surface area (Å²) in [5.41, 5.74) is 0.521. The number of para-hydroxylation sites is 1. The molecule has 1 unspecified atom stereocenters. The molecular formula is C19H21N4O4+. The predicted octanol–water partition coefficient (Wildman–Crippen LogP) is 3.09. The number of anilines is 1. The van der Waals surface area contributed by atoms with Gasteiger partial charge in [0, 0.05) is 24.7 Å². The van der Waals surface area contributed by atoms with Crippen molar-refractivity contribution in [1.29, 1.82) is 0 Å². The van der Waals surface area contributed by atoms with Crippen LogP contribution in [0.3, 0.4) is 0 Å². The molecule has 1 aliphatic heterocycles. The second kappa shape index (κ2) is 6.71. The number of urea groups is 1. The Morgan fingerprint density at radius 1 is 1.11 bits per heavy atom. The highest BCUT2D eigenvalue weighted by atomic mass is 16.6. The molecule has 0 spiro atoms. The molecule has 2 aromatic carbocycles. The molecule has 140 valence electrons. The Bertz CT molecular complexity index is 894. The molecule has 0 saturated carbocycles. The van der Waals surface area contributed by atoms with Crippen molar-refractivity contribution in [3.8, 4) is 0 Å². The van der Waals surface area contributed by atoms with Crippen LogP contribution in [0.5, 0.6) is 0 Å². The molecule has 8 nitrogen and oxygen atoms in total. The van der Waals surface area contributed by atoms with Crippen LogP contribution in [-0.2, 0) is 0 Å². The molecule has 8 heteroatoms. The van der Waals surface area contributed by atoms with Crippen LogP contribution < -0.4 is 4.90 Å². The summed E-state index contributed by atoms with van der Waals surface area (Å²) in [5.74, 6) is 0. The standard InChI is InChI=1S/C19H21N4O4/c1-19(2)17(21(25)13-14-9-11-16(12-10-14)23(26)27)22(18(24)20(19)3)15-7-5-4-6-8-15/h4-13,17,25H,1-3H3/q+1. The summed E-state index contributed by atoms with van der Waals surface area (Å²) in [6.07, 6.45) is 0.769. The summed E-state index contributed by atoms with van der Waals surface area (Å²) in [5, 5.41) is 21.6. The van der Waals surface area contributed by atoms with Gasteiger partial charge in [-0.3, -0.25) is 15.3 Å². The molecule has 0 aliphatic carbocycles. The van der Waals surface area contributed by atoms with Crippen LogP contribution in [0.15, 0.2) is 54.6 Å². The van der Waals surface area contributed by atoms with Crippen LogP contribution in [0.1, 0.15) is 19.4 Å². The van der Waals surface area contributed by atoms with Crippen molar-refractivity contribution in [3.05, 3.63) is 70.3 Å². The monoisotopic (exact) mass is 369 g/mol. The number of likely N-dealkylation sites (N-methyl/N-ethyl adjacent to an activating group) is 1. The van der Waals surface area contributed by atoms with Crippen LogP contribution in [-0.4, -0.2) is 50.8 Å². The van der Waals surface area contributed by atoms with Crippen molar-refractivity contribution in [3.63, 3.8) is 0 Å². The summed E-state index contributed by atoms with van der Waals surface area (Å²) in [7, 11) is 1.69. The van der Waals surface area contributed by atoms with Crippen molar-refractivity contribution >= 4 is 23.6 Å². The van der Waals surface area contributed by atoms with Crippen LogP contribution in [0.25, 0.3) is 0 Å². The van der Waals surface area contributed by atoms with Gasteiger partial charge in [0.15, 0.2) is 0 Å². The minimum absolute atomic E-state index is 0.0290. The summed E-state index contributed by atoms with van der Waals surface area (Å²) in [6.45, 7) is 3.73. The maximum atomic E-state index is 12.8. The number of non-ortho nitro benzene ring substituents is 1. The number of hydrogen-bond acceptors (Lipinski definition) is 4. The molecule has 27 heavy (non-hydrogen) atoms. The average Bonchev–Trinajstić information content (AvgIpc) is 2.83. The molecule has 0 bridgehead atoms. The van der Waals surface area contributed by atoms with Crippen molar-refractivity contribution in [2.45, 2.75) is 25.6 Å². The SMILES string of the molecule is CN1C(=O)N(c2ccccc2)C([N+](O)=Cc2ccc([N+](=O)[O-])cc2)C1(C)C. The highest BCUT2D eigenvalue weighted by Gasteiger charge is 2.58. The van der Waals surface area contributed by atoms with E-state index < -0.39 is 16.6 Å². The van der Waals surface area contributed by atoms with E-state index in [1.165, 1.54) is 23.2 Å². The van der Waals surface area contributed by atoms with Gasteiger partial charge in [0.1, 0.15) is 5.54 Å². The second-order valence-electron chi connectivity index (χ2n) is 6.93. The van der Waals surface area contributed by atoms with Crippen molar-refractivity contribution in [2.75, 3.05) is 11.9 Å². The summed E-state index contributed by atoms with van der Waals surface area (Å²) < 4.78 is 0.982. The van der Waals surface area contributed by atoms with Gasteiger partial charge in [0.25, 0.3) is 5.69 Å². The van der Waals surface area contributed by atoms with Crippen molar-refractivity contribution < 1.29 is 19.7 Å². The first kappa shape index (κ1) is 18.4. The molecular weight excluding hydrogens is 348 g/mol. The number of rotatable bonds is 4. The van der Waals surface area contributed by atoms with E-state index in [0.717, 1.165) is 4.74 Å². The Morgan fingerprint density at radius 2 is 1.70 bits per heavy atom. The predicted molar refractivity (Wildman–Crippen MR) is 100 cm³/mol. The number of nitro benzene ring substituents is 1. The highest BCUT2D eigenvalue weighted by Crippen LogP contribution is 2.35. The van der Waals surface area contributed by atoms with E-state index in [-0.39, 0.29) is 11.7 Å². The van der Waals surface area contributed by atoms with Crippen molar-refractivity contribution in [2.24, 2.45) is 0 Å². The Hall–Kier alpha value is -3.42. The number of benzene rings is 2. The molecule has 0 radical (unpaired) electrons. The van der Waals surface area contributed by atoms with E-state index >= 15 is 0 Å². The first-order valence-electron chi connectivity index (χ1n) is 8.42. The van der Waals surface area contributed by atoms with Crippen LogP contribution in [0.2, 0.25) is 0 Å². The zero-order valence-corrected chi connectivity index (χ0v) is 15.3. The summed E-state index contributed by atoms with van der Waals surface area (Å²) in [4.78, 5) is 26.2. The summed E-state index contributed by atoms with van der Waals surface area (Å²) >= 11 is 0. The third-order valence-electron chi connectivity index (χ3n) is 4.90. The van der Waals surface area contributed by atoms with Crippen LogP contribution in [0.4, 0.5) is 16.2 Å². The summed E-state index contributed by atoms with van der Waals surface area (Å²) in [6, 6.07) is 14.7. The van der Waals surface area contributed by atoms with Gasteiger partial charge in [0.05, 0.1) is 10.6 Å². The fourth-order valence-electron chi connectivity index (χ4n) is 3.19. The number of amides is 2. The first-order chi connectivity index (χ1) is 12.7. The number of hydrogen-bond donors (Lipinski definition) is 1. The molecule has 1 aliphatic rings. The lowest BCUT2D eigenvalue weighted by Crippen LogP contribution is -2.51. The van der Waals surface area contributed by atoms with Gasteiger partial charge in [0.2, 0.25) is 6.21 Å². The van der Waals surface area contributed by atoms with Gasteiger partial charge in [-0.2, -0.15) is 0 Å². The number of nitro groups is 1. The van der Waals surface area contributed by atoms with Gasteiger partial charge in [-0.25, -0.2) is 9.69 Å². The topological polar surface area (TPSA) is 89.9 Å². The molecule has 1 heterocycles. The molecule has 1 atom stereocenters. The lowest BCUT2D eigenvalue weighted by molar-refractivity contribution is -0.798. The number of hydroxylamine groups is 1. The quantitative estimate of drug-likeness (QED) is 0.295. The molecule has 0 aromatic heterocycles. The Labute approximate surface area is 156 Å². The van der Waals surface area contributed by atoms with E-state index in [1.807, 2.05) is 32.0 Å². The normalized spacial score (nSPS) is 19.4. The maximum Gasteiger partial charge on any atom is 0.330 e. The zero-order chi connectivity index (χ0) is 19.8. The fraction of sp³-hybridized carbons (Fsp3) is 0.263. The largest absolute Gasteiger partial charge is 0.330 e. The third kappa shape index (κ3) is 3.21. The highest BCUT2D eigenvalue weighted by molar-refractivity contribution is 5.95. The Balaban J connectivity index is 2.02. The van der Waals surface area contributed by atoms with E-state index in [4.69, 9.17) is 0 Å². The Kier molecular flexibility index (Phi) is 4.57. The number of carbonyl (C=O) groups is 1. The van der Waals surface area contributed by atoms with Crippen LogP contribution >= 0.6 is 0 Å². The molecule has 3 rings (SSSR count). The first-order valence-corrected chi connectivity index (χ1v) is 8.42. The molecule has 1 N–H and O–H groups in total. The van der Waals surface area contributed by atoms with Gasteiger partial charge in [-0.1, -0.05) is 18.2 Å². The Morgan fingerprint density at radius 3 is 2.26 bits per heavy atom. The van der Waals surface area contributed by atoms with Gasteiger partial charge >= 0.3 is 12.2 Å². The van der Waals surface area contributed by atoms with Gasteiger partial charge in [-0.05, 0) is 42.9 Å². The van der Waals surface area contributed by atoms with E-state index in [9.17, 15) is 20.1 Å². The minimum Gasteiger partial charge on any atom is -0.313 e. The second-order valence-corrected chi connectivity index (χ2v) is 6.93. The minimum atomic E-state index is -0.695. The van der Waals surface area contributed by atoms with E-state index in [0.29, 0.717) is 11.3 Å². The van der Waals surface area contributed by atoms with Gasteiger partial charge < -0.3 is 4.90 Å². The zero-order valence-electron chi connectivity index (χ0n) is 15.3. The third-order valence-corrected chi connectivity index (χ3v) is 4.90. The smallest absolute Gasteiger partial charge is 0.313 e. The van der Waals surface area contributed by atoms with E-state index in [2.05, 4.69) is 0 Å².